The first-order chi connectivity index (χ1) is 6.20. The molecule has 0 aliphatic heterocycles. The molecule has 0 radical (unpaired) electrons. The maximum atomic E-state index is 6.06. The molecule has 66 valence electrons. The van der Waals surface area contributed by atoms with Gasteiger partial charge in [0, 0.05) is 11.6 Å². The summed E-state index contributed by atoms with van der Waals surface area (Å²) in [4.78, 5) is 4.18. The van der Waals surface area contributed by atoms with Crippen molar-refractivity contribution in [2.75, 3.05) is 5.73 Å². The highest BCUT2D eigenvalue weighted by molar-refractivity contribution is 9.10. The lowest BCUT2D eigenvalue weighted by molar-refractivity contribution is 1.39. The van der Waals surface area contributed by atoms with Crippen LogP contribution in [0, 0.1) is 0 Å². The number of nitrogen functional groups attached to an aromatic ring is 1. The molecular weight excluding hydrogens is 251 g/mol. The lowest BCUT2D eigenvalue weighted by atomic mass is 10.2. The number of fused-ring (bicyclic) bond motifs is 1. The highest BCUT2D eigenvalue weighted by Gasteiger charge is 2.05. The standard InChI is InChI=1S/C9H6BrClN2/c10-6-4-13-9-5(8(6)11)2-1-3-7(9)12/h1-4H,12H2. The monoisotopic (exact) mass is 256 g/mol. The minimum Gasteiger partial charge on any atom is -0.397 e. The highest BCUT2D eigenvalue weighted by Crippen LogP contribution is 2.31. The molecule has 1 aromatic heterocycles. The number of pyridine rings is 1. The second kappa shape index (κ2) is 3.16. The third-order valence-corrected chi connectivity index (χ3v) is 3.06. The van der Waals surface area contributed by atoms with Crippen molar-refractivity contribution < 1.29 is 0 Å². The van der Waals surface area contributed by atoms with Crippen molar-refractivity contribution in [3.63, 3.8) is 0 Å². The minimum atomic E-state index is 0.645. The van der Waals surface area contributed by atoms with Crippen LogP contribution in [0.1, 0.15) is 0 Å². The molecule has 0 unspecified atom stereocenters. The lowest BCUT2D eigenvalue weighted by Gasteiger charge is -2.03. The number of anilines is 1. The molecular formula is C9H6BrClN2. The largest absolute Gasteiger partial charge is 0.397 e. The maximum Gasteiger partial charge on any atom is 0.0946 e. The highest BCUT2D eigenvalue weighted by atomic mass is 79.9. The molecule has 0 amide bonds. The van der Waals surface area contributed by atoms with Crippen LogP contribution in [0.2, 0.25) is 5.02 Å². The van der Waals surface area contributed by atoms with E-state index >= 15 is 0 Å². The number of benzene rings is 1. The summed E-state index contributed by atoms with van der Waals surface area (Å²) >= 11 is 9.36. The van der Waals surface area contributed by atoms with Crippen LogP contribution in [-0.2, 0) is 0 Å². The summed E-state index contributed by atoms with van der Waals surface area (Å²) in [5.41, 5.74) is 7.13. The van der Waals surface area contributed by atoms with E-state index in [1.54, 1.807) is 12.3 Å². The number of para-hydroxylation sites is 1. The lowest BCUT2D eigenvalue weighted by Crippen LogP contribution is -1.89. The maximum absolute atomic E-state index is 6.06. The molecule has 4 heteroatoms. The molecule has 2 N–H and O–H groups in total. The van der Waals surface area contributed by atoms with Gasteiger partial charge in [0.05, 0.1) is 20.7 Å². The van der Waals surface area contributed by atoms with Gasteiger partial charge in [-0.05, 0) is 22.0 Å². The summed E-state index contributed by atoms with van der Waals surface area (Å²) in [6.45, 7) is 0. The van der Waals surface area contributed by atoms with E-state index < -0.39 is 0 Å². The van der Waals surface area contributed by atoms with Gasteiger partial charge in [-0.3, -0.25) is 4.98 Å². The van der Waals surface area contributed by atoms with Crippen LogP contribution in [0.4, 0.5) is 5.69 Å². The number of nitrogens with zero attached hydrogens (tertiary/aromatic N) is 1. The summed E-state index contributed by atoms with van der Waals surface area (Å²) in [6.07, 6.45) is 1.65. The molecule has 0 aliphatic rings. The Labute approximate surface area is 88.8 Å². The van der Waals surface area contributed by atoms with E-state index in [4.69, 9.17) is 17.3 Å². The van der Waals surface area contributed by atoms with Gasteiger partial charge in [-0.15, -0.1) is 0 Å². The number of rotatable bonds is 0. The normalized spacial score (nSPS) is 10.6. The predicted octanol–water partition coefficient (Wildman–Crippen LogP) is 3.23. The Bertz CT molecular complexity index is 470. The summed E-state index contributed by atoms with van der Waals surface area (Å²) in [7, 11) is 0. The molecule has 0 atom stereocenters. The Balaban J connectivity index is 2.94. The van der Waals surface area contributed by atoms with Crippen LogP contribution in [0.15, 0.2) is 28.9 Å². The van der Waals surface area contributed by atoms with Crippen molar-refractivity contribution in [2.45, 2.75) is 0 Å². The second-order valence-corrected chi connectivity index (χ2v) is 3.90. The third-order valence-electron chi connectivity index (χ3n) is 1.82. The molecule has 0 spiro atoms. The Morgan fingerprint density at radius 3 is 2.92 bits per heavy atom. The molecule has 0 aliphatic carbocycles. The van der Waals surface area contributed by atoms with Crippen molar-refractivity contribution in [1.82, 2.24) is 4.98 Å². The number of hydrogen-bond donors (Lipinski definition) is 1. The van der Waals surface area contributed by atoms with E-state index in [1.807, 2.05) is 12.1 Å². The first kappa shape index (κ1) is 8.78. The van der Waals surface area contributed by atoms with Gasteiger partial charge in [-0.1, -0.05) is 23.7 Å². The zero-order chi connectivity index (χ0) is 9.42. The molecule has 0 saturated carbocycles. The molecule has 0 bridgehead atoms. The van der Waals surface area contributed by atoms with E-state index in [2.05, 4.69) is 20.9 Å². The van der Waals surface area contributed by atoms with Gasteiger partial charge in [0.2, 0.25) is 0 Å². The summed E-state index contributed by atoms with van der Waals surface area (Å²) in [5.74, 6) is 0. The molecule has 2 nitrogen and oxygen atoms in total. The van der Waals surface area contributed by atoms with E-state index in [9.17, 15) is 0 Å². The number of hydrogen-bond acceptors (Lipinski definition) is 2. The van der Waals surface area contributed by atoms with Crippen LogP contribution in [-0.4, -0.2) is 4.98 Å². The Hall–Kier alpha value is -0.800. The fourth-order valence-corrected chi connectivity index (χ4v) is 1.71. The molecule has 2 aromatic rings. The minimum absolute atomic E-state index is 0.645. The summed E-state index contributed by atoms with van der Waals surface area (Å²) in [6, 6.07) is 5.56. The van der Waals surface area contributed by atoms with Crippen LogP contribution in [0.25, 0.3) is 10.9 Å². The second-order valence-electron chi connectivity index (χ2n) is 2.66. The predicted molar refractivity (Wildman–Crippen MR) is 58.9 cm³/mol. The average Bonchev–Trinajstić information content (AvgIpc) is 2.12. The zero-order valence-electron chi connectivity index (χ0n) is 6.59. The van der Waals surface area contributed by atoms with E-state index in [1.165, 1.54) is 0 Å². The Morgan fingerprint density at radius 1 is 1.38 bits per heavy atom. The SMILES string of the molecule is Nc1cccc2c(Cl)c(Br)cnc12. The number of nitrogens with two attached hydrogens (primary N) is 1. The number of aromatic nitrogens is 1. The fraction of sp³-hybridized carbons (Fsp3) is 0. The first-order valence-corrected chi connectivity index (χ1v) is 4.85. The van der Waals surface area contributed by atoms with Gasteiger partial charge < -0.3 is 5.73 Å². The van der Waals surface area contributed by atoms with Gasteiger partial charge in [0.15, 0.2) is 0 Å². The topological polar surface area (TPSA) is 38.9 Å². The first-order valence-electron chi connectivity index (χ1n) is 3.68. The Kier molecular flexibility index (Phi) is 2.14. The molecule has 0 saturated heterocycles. The molecule has 1 aromatic carbocycles. The van der Waals surface area contributed by atoms with Crippen molar-refractivity contribution >= 4 is 44.1 Å². The summed E-state index contributed by atoms with van der Waals surface area (Å²) < 4.78 is 0.785. The van der Waals surface area contributed by atoms with Crippen molar-refractivity contribution in [2.24, 2.45) is 0 Å². The van der Waals surface area contributed by atoms with Crippen LogP contribution < -0.4 is 5.73 Å². The van der Waals surface area contributed by atoms with E-state index in [0.29, 0.717) is 10.7 Å². The average molecular weight is 258 g/mol. The third kappa shape index (κ3) is 1.38. The molecule has 13 heavy (non-hydrogen) atoms. The van der Waals surface area contributed by atoms with Gasteiger partial charge in [-0.2, -0.15) is 0 Å². The molecule has 1 heterocycles. The smallest absolute Gasteiger partial charge is 0.0946 e. The van der Waals surface area contributed by atoms with Crippen LogP contribution >= 0.6 is 27.5 Å². The van der Waals surface area contributed by atoms with E-state index in [0.717, 1.165) is 15.4 Å². The Morgan fingerprint density at radius 2 is 2.15 bits per heavy atom. The molecule has 0 fully saturated rings. The van der Waals surface area contributed by atoms with Crippen LogP contribution in [0.5, 0.6) is 0 Å². The van der Waals surface area contributed by atoms with Gasteiger partial charge >= 0.3 is 0 Å². The van der Waals surface area contributed by atoms with Gasteiger partial charge in [0.1, 0.15) is 0 Å². The van der Waals surface area contributed by atoms with Gasteiger partial charge in [0.25, 0.3) is 0 Å². The fourth-order valence-electron chi connectivity index (χ4n) is 1.19. The van der Waals surface area contributed by atoms with Crippen molar-refractivity contribution in [1.29, 1.82) is 0 Å². The van der Waals surface area contributed by atoms with Crippen molar-refractivity contribution in [3.8, 4) is 0 Å². The number of halogens is 2. The van der Waals surface area contributed by atoms with E-state index in [-0.39, 0.29) is 0 Å². The molecule has 2 rings (SSSR count). The van der Waals surface area contributed by atoms with Crippen molar-refractivity contribution in [3.05, 3.63) is 33.9 Å². The van der Waals surface area contributed by atoms with Crippen LogP contribution in [0.3, 0.4) is 0 Å². The zero-order valence-corrected chi connectivity index (χ0v) is 8.93. The van der Waals surface area contributed by atoms with Gasteiger partial charge in [-0.25, -0.2) is 0 Å². The quantitative estimate of drug-likeness (QED) is 0.736. The summed E-state index contributed by atoms with van der Waals surface area (Å²) in [5, 5.41) is 1.52.